The lowest BCUT2D eigenvalue weighted by Crippen LogP contribution is -2.29. The van der Waals surface area contributed by atoms with E-state index in [1.165, 1.54) is 11.3 Å². The van der Waals surface area contributed by atoms with Crippen molar-refractivity contribution >= 4 is 17.2 Å². The largest absolute Gasteiger partial charge is 0.396 e. The molecule has 0 aliphatic heterocycles. The van der Waals surface area contributed by atoms with E-state index in [1.54, 1.807) is 10.9 Å². The normalized spacial score (nSPS) is 12.1. The molecule has 2 rings (SSSR count). The fourth-order valence-electron chi connectivity index (χ4n) is 1.69. The molecule has 0 fully saturated rings. The minimum atomic E-state index is -0.210. The van der Waals surface area contributed by atoms with Gasteiger partial charge >= 0.3 is 0 Å². The Morgan fingerprint density at radius 2 is 2.17 bits per heavy atom. The van der Waals surface area contributed by atoms with Crippen molar-refractivity contribution in [3.63, 3.8) is 0 Å². The van der Waals surface area contributed by atoms with Crippen LogP contribution in [-0.2, 0) is 0 Å². The second kappa shape index (κ2) is 6.28. The highest BCUT2D eigenvalue weighted by Crippen LogP contribution is 2.16. The number of carbonyl (C=O) groups excluding carboxylic acids is 1. The molecule has 1 heterocycles. The summed E-state index contributed by atoms with van der Waals surface area (Å²) in [5.74, 6) is -0.210. The van der Waals surface area contributed by atoms with Crippen molar-refractivity contribution in [1.82, 2.24) is 10.3 Å². The number of carbonyl (C=O) groups is 1. The Kier molecular flexibility index (Phi) is 4.44. The molecule has 1 amide bonds. The molecular weight excluding hydrogens is 248 g/mol. The number of nitrogens with zero attached hydrogens (tertiary/aromatic N) is 1. The zero-order valence-corrected chi connectivity index (χ0v) is 10.6. The molecule has 0 saturated heterocycles. The standard InChI is InChI=1S/C13H14N2O2S/c16-7-6-11(10-4-2-1-3-5-10)15-13(17)12-8-18-9-14-12/h1-5,8-9,11,16H,6-7H2,(H,15,17). The third-order valence-electron chi connectivity index (χ3n) is 2.59. The Labute approximate surface area is 109 Å². The number of aliphatic hydroxyl groups is 1. The van der Waals surface area contributed by atoms with E-state index < -0.39 is 0 Å². The first-order valence-corrected chi connectivity index (χ1v) is 6.60. The average molecular weight is 262 g/mol. The van der Waals surface area contributed by atoms with Crippen LogP contribution in [-0.4, -0.2) is 22.6 Å². The predicted octanol–water partition coefficient (Wildman–Crippen LogP) is 2.00. The Morgan fingerprint density at radius 1 is 1.39 bits per heavy atom. The second-order valence-corrected chi connectivity index (χ2v) is 4.54. The number of rotatable bonds is 5. The third kappa shape index (κ3) is 3.15. The van der Waals surface area contributed by atoms with E-state index >= 15 is 0 Å². The summed E-state index contributed by atoms with van der Waals surface area (Å²) in [4.78, 5) is 15.9. The summed E-state index contributed by atoms with van der Waals surface area (Å²) in [6.45, 7) is 0.0247. The third-order valence-corrected chi connectivity index (χ3v) is 3.18. The van der Waals surface area contributed by atoms with Crippen molar-refractivity contribution in [2.24, 2.45) is 0 Å². The van der Waals surface area contributed by atoms with Crippen LogP contribution < -0.4 is 5.32 Å². The van der Waals surface area contributed by atoms with E-state index in [1.807, 2.05) is 30.3 Å². The maximum atomic E-state index is 11.9. The van der Waals surface area contributed by atoms with Crippen LogP contribution in [0.25, 0.3) is 0 Å². The van der Waals surface area contributed by atoms with Gasteiger partial charge in [0.15, 0.2) is 0 Å². The van der Waals surface area contributed by atoms with Crippen LogP contribution in [0, 0.1) is 0 Å². The lowest BCUT2D eigenvalue weighted by Gasteiger charge is -2.17. The summed E-state index contributed by atoms with van der Waals surface area (Å²) >= 11 is 1.38. The van der Waals surface area contributed by atoms with Crippen LogP contribution in [0.5, 0.6) is 0 Å². The minimum Gasteiger partial charge on any atom is -0.396 e. The fourth-order valence-corrected chi connectivity index (χ4v) is 2.23. The molecule has 0 saturated carbocycles. The van der Waals surface area contributed by atoms with Gasteiger partial charge in [-0.2, -0.15) is 0 Å². The van der Waals surface area contributed by atoms with Crippen molar-refractivity contribution < 1.29 is 9.90 Å². The van der Waals surface area contributed by atoms with E-state index in [-0.39, 0.29) is 18.6 Å². The summed E-state index contributed by atoms with van der Waals surface area (Å²) in [7, 11) is 0. The van der Waals surface area contributed by atoms with Gasteiger partial charge in [-0.3, -0.25) is 4.79 Å². The molecular formula is C13H14N2O2S. The highest BCUT2D eigenvalue weighted by molar-refractivity contribution is 7.07. The van der Waals surface area contributed by atoms with Crippen LogP contribution in [0.4, 0.5) is 0 Å². The topological polar surface area (TPSA) is 62.2 Å². The van der Waals surface area contributed by atoms with Crippen LogP contribution >= 0.6 is 11.3 Å². The molecule has 0 aliphatic carbocycles. The van der Waals surface area contributed by atoms with Crippen LogP contribution in [0.3, 0.4) is 0 Å². The molecule has 1 aromatic carbocycles. The monoisotopic (exact) mass is 262 g/mol. The summed E-state index contributed by atoms with van der Waals surface area (Å²) in [5, 5.41) is 13.7. The number of thiazole rings is 1. The van der Waals surface area contributed by atoms with Crippen LogP contribution in [0.15, 0.2) is 41.2 Å². The van der Waals surface area contributed by atoms with E-state index in [2.05, 4.69) is 10.3 Å². The van der Waals surface area contributed by atoms with Crippen molar-refractivity contribution in [3.05, 3.63) is 52.5 Å². The molecule has 0 aliphatic rings. The smallest absolute Gasteiger partial charge is 0.271 e. The highest BCUT2D eigenvalue weighted by Gasteiger charge is 2.16. The lowest BCUT2D eigenvalue weighted by molar-refractivity contribution is 0.0925. The van der Waals surface area contributed by atoms with E-state index in [0.29, 0.717) is 12.1 Å². The Bertz CT molecular complexity index is 485. The Morgan fingerprint density at radius 3 is 2.78 bits per heavy atom. The first-order valence-electron chi connectivity index (χ1n) is 5.66. The van der Waals surface area contributed by atoms with E-state index in [0.717, 1.165) is 5.56 Å². The van der Waals surface area contributed by atoms with Crippen molar-refractivity contribution in [1.29, 1.82) is 0 Å². The zero-order chi connectivity index (χ0) is 12.8. The number of hydrogen-bond donors (Lipinski definition) is 2. The van der Waals surface area contributed by atoms with Gasteiger partial charge in [-0.15, -0.1) is 11.3 Å². The molecule has 94 valence electrons. The molecule has 1 atom stereocenters. The molecule has 1 unspecified atom stereocenters. The predicted molar refractivity (Wildman–Crippen MR) is 70.5 cm³/mol. The highest BCUT2D eigenvalue weighted by atomic mass is 32.1. The van der Waals surface area contributed by atoms with Crippen molar-refractivity contribution in [2.45, 2.75) is 12.5 Å². The van der Waals surface area contributed by atoms with Gasteiger partial charge in [0.25, 0.3) is 5.91 Å². The maximum Gasteiger partial charge on any atom is 0.271 e. The first kappa shape index (κ1) is 12.7. The lowest BCUT2D eigenvalue weighted by atomic mass is 10.0. The van der Waals surface area contributed by atoms with Crippen molar-refractivity contribution in [2.75, 3.05) is 6.61 Å². The summed E-state index contributed by atoms with van der Waals surface area (Å²) in [5.41, 5.74) is 3.02. The second-order valence-electron chi connectivity index (χ2n) is 3.82. The average Bonchev–Trinajstić information content (AvgIpc) is 2.93. The van der Waals surface area contributed by atoms with Gasteiger partial charge in [-0.1, -0.05) is 30.3 Å². The van der Waals surface area contributed by atoms with Gasteiger partial charge in [0, 0.05) is 12.0 Å². The number of nitrogens with one attached hydrogen (secondary N) is 1. The number of aliphatic hydroxyl groups excluding tert-OH is 1. The van der Waals surface area contributed by atoms with Gasteiger partial charge in [0.2, 0.25) is 0 Å². The van der Waals surface area contributed by atoms with Gasteiger partial charge < -0.3 is 10.4 Å². The minimum absolute atomic E-state index is 0.0247. The van der Waals surface area contributed by atoms with Crippen LogP contribution in [0.2, 0.25) is 0 Å². The Hall–Kier alpha value is -1.72. The SMILES string of the molecule is O=C(NC(CCO)c1ccccc1)c1cscn1. The zero-order valence-electron chi connectivity index (χ0n) is 9.74. The quantitative estimate of drug-likeness (QED) is 0.866. The molecule has 0 bridgehead atoms. The molecule has 0 radical (unpaired) electrons. The maximum absolute atomic E-state index is 11.9. The summed E-state index contributed by atoms with van der Waals surface area (Å²) < 4.78 is 0. The molecule has 5 heteroatoms. The van der Waals surface area contributed by atoms with Crippen LogP contribution in [0.1, 0.15) is 28.5 Å². The molecule has 4 nitrogen and oxygen atoms in total. The van der Waals surface area contributed by atoms with Crippen molar-refractivity contribution in [3.8, 4) is 0 Å². The number of aromatic nitrogens is 1. The van der Waals surface area contributed by atoms with Gasteiger partial charge in [-0.25, -0.2) is 4.98 Å². The summed E-state index contributed by atoms with van der Waals surface area (Å²) in [6, 6.07) is 9.42. The number of hydrogen-bond acceptors (Lipinski definition) is 4. The molecule has 0 spiro atoms. The number of amides is 1. The molecule has 18 heavy (non-hydrogen) atoms. The molecule has 2 aromatic rings. The van der Waals surface area contributed by atoms with E-state index in [9.17, 15) is 4.79 Å². The number of benzene rings is 1. The van der Waals surface area contributed by atoms with Gasteiger partial charge in [0.1, 0.15) is 5.69 Å². The van der Waals surface area contributed by atoms with Gasteiger partial charge in [-0.05, 0) is 12.0 Å². The molecule has 1 aromatic heterocycles. The van der Waals surface area contributed by atoms with Gasteiger partial charge in [0.05, 0.1) is 11.6 Å². The Balaban J connectivity index is 2.10. The molecule has 2 N–H and O–H groups in total. The van der Waals surface area contributed by atoms with E-state index in [4.69, 9.17) is 5.11 Å². The first-order chi connectivity index (χ1) is 8.81. The fraction of sp³-hybridized carbons (Fsp3) is 0.231. The summed E-state index contributed by atoms with van der Waals surface area (Å²) in [6.07, 6.45) is 0.486.